The van der Waals surface area contributed by atoms with Crippen LogP contribution in [0.25, 0.3) is 0 Å². The molecule has 3 heteroatoms. The molecule has 0 radical (unpaired) electrons. The number of aliphatic hydroxyl groups is 1. The van der Waals surface area contributed by atoms with Crippen LogP contribution in [0.2, 0.25) is 0 Å². The van der Waals surface area contributed by atoms with Crippen LogP contribution >= 0.6 is 0 Å². The normalized spacial score (nSPS) is 32.1. The van der Waals surface area contributed by atoms with Crippen molar-refractivity contribution in [1.29, 1.82) is 0 Å². The molecule has 1 atom stereocenters. The van der Waals surface area contributed by atoms with E-state index in [-0.39, 0.29) is 18.3 Å². The van der Waals surface area contributed by atoms with Crippen LogP contribution in [0.5, 0.6) is 0 Å². The molecule has 1 N–H and O–H groups in total. The van der Waals surface area contributed by atoms with E-state index in [0.717, 1.165) is 0 Å². The Balaban J connectivity index is 2.31. The molecule has 0 saturated carbocycles. The second-order valence-corrected chi connectivity index (χ2v) is 3.19. The minimum atomic E-state index is -0.175. The van der Waals surface area contributed by atoms with Crippen LogP contribution in [0.15, 0.2) is 0 Å². The zero-order chi connectivity index (χ0) is 7.61. The molecule has 0 amide bonds. The quantitative estimate of drug-likeness (QED) is 0.573. The van der Waals surface area contributed by atoms with Crippen molar-refractivity contribution in [3.8, 4) is 0 Å². The molecule has 60 valence electrons. The molecule has 1 fully saturated rings. The van der Waals surface area contributed by atoms with Gasteiger partial charge in [0.2, 0.25) is 0 Å². The topological polar surface area (TPSA) is 38.7 Å². The fourth-order valence-electron chi connectivity index (χ4n) is 0.832. The maximum atomic E-state index is 8.66. The van der Waals surface area contributed by atoms with E-state index in [1.54, 1.807) is 0 Å². The van der Waals surface area contributed by atoms with E-state index in [1.165, 1.54) is 0 Å². The summed E-state index contributed by atoms with van der Waals surface area (Å²) in [6.07, 6.45) is -0.118. The maximum Gasteiger partial charge on any atom is 0.104 e. The summed E-state index contributed by atoms with van der Waals surface area (Å²) in [6, 6.07) is 0. The van der Waals surface area contributed by atoms with E-state index in [2.05, 4.69) is 0 Å². The van der Waals surface area contributed by atoms with Gasteiger partial charge in [-0.25, -0.2) is 0 Å². The fourth-order valence-corrected chi connectivity index (χ4v) is 0.832. The summed E-state index contributed by atoms with van der Waals surface area (Å²) in [5.41, 5.74) is -0.175. The molecule has 0 aromatic heterocycles. The van der Waals surface area contributed by atoms with E-state index in [4.69, 9.17) is 14.6 Å². The molecule has 0 bridgehead atoms. The monoisotopic (exact) mass is 146 g/mol. The number of hydrogen-bond donors (Lipinski definition) is 1. The van der Waals surface area contributed by atoms with Crippen LogP contribution in [-0.4, -0.2) is 36.6 Å². The lowest BCUT2D eigenvalue weighted by Gasteiger charge is -2.34. The molecule has 1 aliphatic heterocycles. The number of rotatable bonds is 1. The Kier molecular flexibility index (Phi) is 2.28. The molecule has 0 aromatic carbocycles. The summed E-state index contributed by atoms with van der Waals surface area (Å²) in [7, 11) is 0. The van der Waals surface area contributed by atoms with E-state index in [0.29, 0.717) is 13.2 Å². The van der Waals surface area contributed by atoms with Crippen molar-refractivity contribution < 1.29 is 14.6 Å². The highest BCUT2D eigenvalue weighted by Crippen LogP contribution is 2.16. The van der Waals surface area contributed by atoms with E-state index in [1.807, 2.05) is 13.8 Å². The van der Waals surface area contributed by atoms with Crippen molar-refractivity contribution in [1.82, 2.24) is 0 Å². The molecule has 1 rings (SSSR count). The largest absolute Gasteiger partial charge is 0.394 e. The van der Waals surface area contributed by atoms with Crippen molar-refractivity contribution >= 4 is 0 Å². The van der Waals surface area contributed by atoms with Crippen molar-refractivity contribution in [2.75, 3.05) is 19.8 Å². The lowest BCUT2D eigenvalue weighted by molar-refractivity contribution is -0.183. The minimum absolute atomic E-state index is 0.0517. The van der Waals surface area contributed by atoms with Gasteiger partial charge in [-0.1, -0.05) is 0 Å². The molecule has 3 nitrogen and oxygen atoms in total. The van der Waals surface area contributed by atoms with Gasteiger partial charge in [-0.2, -0.15) is 0 Å². The summed E-state index contributed by atoms with van der Waals surface area (Å²) in [5.74, 6) is 0. The van der Waals surface area contributed by atoms with Gasteiger partial charge in [-0.3, -0.25) is 0 Å². The predicted molar refractivity (Wildman–Crippen MR) is 36.9 cm³/mol. The Hall–Kier alpha value is -0.120. The molecule has 1 aliphatic rings. The van der Waals surface area contributed by atoms with Gasteiger partial charge >= 0.3 is 0 Å². The Morgan fingerprint density at radius 3 is 2.70 bits per heavy atom. The van der Waals surface area contributed by atoms with Crippen LogP contribution in [0, 0.1) is 0 Å². The Morgan fingerprint density at radius 1 is 1.60 bits per heavy atom. The summed E-state index contributed by atoms with van der Waals surface area (Å²) in [4.78, 5) is 0. The smallest absolute Gasteiger partial charge is 0.104 e. The number of ether oxygens (including phenoxy) is 2. The average Bonchev–Trinajstić information content (AvgIpc) is 1.88. The summed E-state index contributed by atoms with van der Waals surface area (Å²) < 4.78 is 10.7. The van der Waals surface area contributed by atoms with Crippen LogP contribution in [0.1, 0.15) is 13.8 Å². The van der Waals surface area contributed by atoms with Gasteiger partial charge in [0.1, 0.15) is 6.10 Å². The highest BCUT2D eigenvalue weighted by Gasteiger charge is 2.27. The lowest BCUT2D eigenvalue weighted by atomic mass is 10.1. The summed E-state index contributed by atoms with van der Waals surface area (Å²) >= 11 is 0. The van der Waals surface area contributed by atoms with E-state index < -0.39 is 0 Å². The summed E-state index contributed by atoms with van der Waals surface area (Å²) in [6.45, 7) is 5.07. The SMILES string of the molecule is CC1(C)CO[C@H](CO)CO1. The molecule has 0 aromatic rings. The zero-order valence-corrected chi connectivity index (χ0v) is 6.46. The number of hydrogen-bond acceptors (Lipinski definition) is 3. The highest BCUT2D eigenvalue weighted by atomic mass is 16.6. The summed E-state index contributed by atoms with van der Waals surface area (Å²) in [5, 5.41) is 8.66. The number of aliphatic hydroxyl groups excluding tert-OH is 1. The second-order valence-electron chi connectivity index (χ2n) is 3.19. The van der Waals surface area contributed by atoms with Crippen LogP contribution in [0.4, 0.5) is 0 Å². The standard InChI is InChI=1S/C7H14O3/c1-7(2)5-9-6(3-8)4-10-7/h6,8H,3-5H2,1-2H3/t6-/m1/s1. The third kappa shape index (κ3) is 1.94. The molecular weight excluding hydrogens is 132 g/mol. The van der Waals surface area contributed by atoms with Crippen LogP contribution in [-0.2, 0) is 9.47 Å². The first-order valence-electron chi connectivity index (χ1n) is 3.50. The Labute approximate surface area is 60.9 Å². The van der Waals surface area contributed by atoms with Crippen molar-refractivity contribution in [3.63, 3.8) is 0 Å². The highest BCUT2D eigenvalue weighted by molar-refractivity contribution is 4.74. The van der Waals surface area contributed by atoms with Crippen LogP contribution < -0.4 is 0 Å². The average molecular weight is 146 g/mol. The molecule has 0 spiro atoms. The fraction of sp³-hybridized carbons (Fsp3) is 1.00. The van der Waals surface area contributed by atoms with Crippen molar-refractivity contribution in [2.45, 2.75) is 25.6 Å². The van der Waals surface area contributed by atoms with Gasteiger partial charge in [-0.05, 0) is 13.8 Å². The predicted octanol–water partition coefficient (Wildman–Crippen LogP) is 0.173. The molecular formula is C7H14O3. The maximum absolute atomic E-state index is 8.66. The molecule has 0 aliphatic carbocycles. The first-order chi connectivity index (χ1) is 4.64. The molecule has 1 saturated heterocycles. The van der Waals surface area contributed by atoms with Gasteiger partial charge in [0.15, 0.2) is 0 Å². The van der Waals surface area contributed by atoms with E-state index >= 15 is 0 Å². The molecule has 0 unspecified atom stereocenters. The van der Waals surface area contributed by atoms with Gasteiger partial charge in [0, 0.05) is 0 Å². The van der Waals surface area contributed by atoms with Gasteiger partial charge in [0.05, 0.1) is 25.4 Å². The van der Waals surface area contributed by atoms with Gasteiger partial charge in [-0.15, -0.1) is 0 Å². The Morgan fingerprint density at radius 2 is 2.30 bits per heavy atom. The molecule has 10 heavy (non-hydrogen) atoms. The lowest BCUT2D eigenvalue weighted by Crippen LogP contribution is -2.43. The molecule has 1 heterocycles. The minimum Gasteiger partial charge on any atom is -0.394 e. The van der Waals surface area contributed by atoms with E-state index in [9.17, 15) is 0 Å². The second kappa shape index (κ2) is 2.86. The van der Waals surface area contributed by atoms with Crippen molar-refractivity contribution in [3.05, 3.63) is 0 Å². The first kappa shape index (κ1) is 7.98. The first-order valence-corrected chi connectivity index (χ1v) is 3.50. The van der Waals surface area contributed by atoms with Gasteiger partial charge < -0.3 is 14.6 Å². The third-order valence-corrected chi connectivity index (χ3v) is 1.53. The third-order valence-electron chi connectivity index (χ3n) is 1.53. The van der Waals surface area contributed by atoms with Crippen LogP contribution in [0.3, 0.4) is 0 Å². The zero-order valence-electron chi connectivity index (χ0n) is 6.46. The van der Waals surface area contributed by atoms with Crippen molar-refractivity contribution in [2.24, 2.45) is 0 Å². The Bertz CT molecular complexity index is 101. The van der Waals surface area contributed by atoms with Gasteiger partial charge in [0.25, 0.3) is 0 Å².